The van der Waals surface area contributed by atoms with E-state index in [4.69, 9.17) is 0 Å². The van der Waals surface area contributed by atoms with E-state index in [0.717, 1.165) is 23.7 Å². The van der Waals surface area contributed by atoms with Crippen LogP contribution in [0.25, 0.3) is 0 Å². The lowest BCUT2D eigenvalue weighted by Crippen LogP contribution is -2.17. The van der Waals surface area contributed by atoms with Crippen molar-refractivity contribution in [2.75, 3.05) is 0 Å². The molecule has 0 saturated carbocycles. The fourth-order valence-electron chi connectivity index (χ4n) is 5.33. The van der Waals surface area contributed by atoms with Gasteiger partial charge in [0.2, 0.25) is 0 Å². The fraction of sp³-hybridized carbons (Fsp3) is 1.00. The molecule has 0 aromatic carbocycles. The standard InChI is InChI=1S/2C11H24.C10H22/c1-5-10(6-2)9-11(7-3)8-4;1-5-9-10-11(6-2,7-3)8-4;1-5-8-9(4)10(6-2)7-3/h10-11H,5-9H2,1-4H3;5-10H2,1-4H3;9-10H,5-8H2,1-4H3. The Kier molecular flexibility index (Phi) is 29.3. The third-order valence-electron chi connectivity index (χ3n) is 8.88. The number of hydrogen-bond donors (Lipinski definition) is 0. The van der Waals surface area contributed by atoms with Crippen molar-refractivity contribution in [2.45, 2.75) is 179 Å². The average Bonchev–Trinajstić information content (AvgIpc) is 2.83. The zero-order chi connectivity index (χ0) is 25.4. The highest BCUT2D eigenvalue weighted by Gasteiger charge is 2.22. The van der Waals surface area contributed by atoms with Crippen molar-refractivity contribution >= 4 is 0 Å². The maximum Gasteiger partial charge on any atom is -0.0305 e. The van der Waals surface area contributed by atoms with Crippen LogP contribution < -0.4 is 0 Å². The second-order valence-corrected chi connectivity index (χ2v) is 10.6. The largest absolute Gasteiger partial charge is 0.0654 e. The zero-order valence-corrected chi connectivity index (χ0v) is 25.4. The van der Waals surface area contributed by atoms with E-state index in [2.05, 4.69) is 83.1 Å². The van der Waals surface area contributed by atoms with Crippen molar-refractivity contribution in [3.8, 4) is 0 Å². The van der Waals surface area contributed by atoms with E-state index < -0.39 is 0 Å². The van der Waals surface area contributed by atoms with E-state index in [1.807, 2.05) is 0 Å². The van der Waals surface area contributed by atoms with Gasteiger partial charge in [-0.05, 0) is 41.9 Å². The lowest BCUT2D eigenvalue weighted by atomic mass is 9.76. The summed E-state index contributed by atoms with van der Waals surface area (Å²) in [5, 5.41) is 0. The van der Waals surface area contributed by atoms with E-state index >= 15 is 0 Å². The molecule has 198 valence electrons. The van der Waals surface area contributed by atoms with Crippen LogP contribution in [-0.4, -0.2) is 0 Å². The van der Waals surface area contributed by atoms with Crippen molar-refractivity contribution in [2.24, 2.45) is 29.1 Å². The van der Waals surface area contributed by atoms with Crippen molar-refractivity contribution in [1.29, 1.82) is 0 Å². The van der Waals surface area contributed by atoms with E-state index in [1.165, 1.54) is 96.3 Å². The van der Waals surface area contributed by atoms with Crippen LogP contribution in [0.2, 0.25) is 0 Å². The first-order valence-electron chi connectivity index (χ1n) is 15.3. The molecule has 0 aromatic heterocycles. The molecule has 0 saturated heterocycles. The van der Waals surface area contributed by atoms with Gasteiger partial charge in [0.15, 0.2) is 0 Å². The van der Waals surface area contributed by atoms with Gasteiger partial charge in [-0.15, -0.1) is 0 Å². The Morgan fingerprint density at radius 2 is 0.938 bits per heavy atom. The van der Waals surface area contributed by atoms with Gasteiger partial charge in [0, 0.05) is 0 Å². The van der Waals surface area contributed by atoms with E-state index in [-0.39, 0.29) is 0 Å². The molecule has 0 heteroatoms. The van der Waals surface area contributed by atoms with Crippen LogP contribution in [0.15, 0.2) is 0 Å². The third-order valence-corrected chi connectivity index (χ3v) is 8.88. The summed E-state index contributed by atoms with van der Waals surface area (Å²) >= 11 is 0. The molecule has 0 nitrogen and oxygen atoms in total. The van der Waals surface area contributed by atoms with Gasteiger partial charge in [-0.3, -0.25) is 0 Å². The molecule has 0 bridgehead atoms. The molecule has 1 unspecified atom stereocenters. The third kappa shape index (κ3) is 18.4. The smallest absolute Gasteiger partial charge is 0.0305 e. The molecule has 0 spiro atoms. The Bertz CT molecular complexity index is 297. The summed E-state index contributed by atoms with van der Waals surface area (Å²) in [5.74, 6) is 3.89. The molecule has 0 aliphatic rings. The summed E-state index contributed by atoms with van der Waals surface area (Å²) in [7, 11) is 0. The lowest BCUT2D eigenvalue weighted by molar-refractivity contribution is 0.222. The maximum absolute atomic E-state index is 2.39. The van der Waals surface area contributed by atoms with Crippen LogP contribution in [-0.2, 0) is 0 Å². The van der Waals surface area contributed by atoms with Gasteiger partial charge >= 0.3 is 0 Å². The first kappa shape index (κ1) is 36.6. The monoisotopic (exact) mass is 455 g/mol. The molecule has 32 heavy (non-hydrogen) atoms. The fourth-order valence-corrected chi connectivity index (χ4v) is 5.33. The molecule has 1 atom stereocenters. The molecule has 0 aliphatic carbocycles. The topological polar surface area (TPSA) is 0 Å². The minimum atomic E-state index is 0.677. The van der Waals surface area contributed by atoms with Gasteiger partial charge in [-0.25, -0.2) is 0 Å². The quantitative estimate of drug-likeness (QED) is 0.205. The van der Waals surface area contributed by atoms with Gasteiger partial charge in [0.25, 0.3) is 0 Å². The highest BCUT2D eigenvalue weighted by Crippen LogP contribution is 2.35. The minimum Gasteiger partial charge on any atom is -0.0654 e. The SMILES string of the molecule is CCC(CC)CC(CC)CC.CCCC(C)C(CC)CC.CCCCC(CC)(CC)CC. The summed E-state index contributed by atoms with van der Waals surface area (Å²) in [6, 6.07) is 0. The highest BCUT2D eigenvalue weighted by molar-refractivity contribution is 4.74. The molecule has 0 radical (unpaired) electrons. The van der Waals surface area contributed by atoms with Gasteiger partial charge in [-0.1, -0.05) is 167 Å². The van der Waals surface area contributed by atoms with Crippen LogP contribution >= 0.6 is 0 Å². The number of hydrogen-bond acceptors (Lipinski definition) is 0. The predicted octanol–water partition coefficient (Wildman–Crippen LogP) is 12.5. The summed E-state index contributed by atoms with van der Waals surface area (Å²) in [5.41, 5.74) is 0.677. The molecule has 0 N–H and O–H groups in total. The van der Waals surface area contributed by atoms with Crippen LogP contribution in [0.1, 0.15) is 179 Å². The average molecular weight is 455 g/mol. The Hall–Kier alpha value is 0. The van der Waals surface area contributed by atoms with Gasteiger partial charge in [-0.2, -0.15) is 0 Å². The van der Waals surface area contributed by atoms with E-state index in [9.17, 15) is 0 Å². The van der Waals surface area contributed by atoms with Crippen molar-refractivity contribution in [1.82, 2.24) is 0 Å². The van der Waals surface area contributed by atoms with Crippen LogP contribution in [0.3, 0.4) is 0 Å². The molecule has 0 aliphatic heterocycles. The molecular formula is C32H70. The molecule has 0 rings (SSSR count). The van der Waals surface area contributed by atoms with Crippen molar-refractivity contribution in [3.05, 3.63) is 0 Å². The molecule has 0 aromatic rings. The Morgan fingerprint density at radius 1 is 0.531 bits per heavy atom. The Labute approximate surface area is 208 Å². The van der Waals surface area contributed by atoms with Crippen molar-refractivity contribution in [3.63, 3.8) is 0 Å². The number of rotatable bonds is 17. The summed E-state index contributed by atoms with van der Waals surface area (Å²) < 4.78 is 0. The Morgan fingerprint density at radius 3 is 1.19 bits per heavy atom. The van der Waals surface area contributed by atoms with Crippen LogP contribution in [0, 0.1) is 29.1 Å². The van der Waals surface area contributed by atoms with Gasteiger partial charge < -0.3 is 0 Å². The minimum absolute atomic E-state index is 0.677. The lowest BCUT2D eigenvalue weighted by Gasteiger charge is -2.30. The molecule has 0 heterocycles. The second kappa shape index (κ2) is 25.6. The summed E-state index contributed by atoms with van der Waals surface area (Å²) in [6.07, 6.45) is 20.7. The zero-order valence-electron chi connectivity index (χ0n) is 25.4. The van der Waals surface area contributed by atoms with E-state index in [0.29, 0.717) is 5.41 Å². The first-order chi connectivity index (χ1) is 15.3. The molecule has 0 fully saturated rings. The summed E-state index contributed by atoms with van der Waals surface area (Å²) in [4.78, 5) is 0. The molecule has 0 amide bonds. The normalized spacial score (nSPS) is 12.5. The van der Waals surface area contributed by atoms with Crippen LogP contribution in [0.5, 0.6) is 0 Å². The van der Waals surface area contributed by atoms with Crippen molar-refractivity contribution < 1.29 is 0 Å². The molecular weight excluding hydrogens is 384 g/mol. The second-order valence-electron chi connectivity index (χ2n) is 10.6. The summed E-state index contributed by atoms with van der Waals surface area (Å²) in [6.45, 7) is 27.8. The number of unbranched alkanes of at least 4 members (excludes halogenated alkanes) is 1. The Balaban J connectivity index is -0.000000395. The maximum atomic E-state index is 2.39. The van der Waals surface area contributed by atoms with Gasteiger partial charge in [0.05, 0.1) is 0 Å². The predicted molar refractivity (Wildman–Crippen MR) is 154 cm³/mol. The van der Waals surface area contributed by atoms with Crippen LogP contribution in [0.4, 0.5) is 0 Å². The van der Waals surface area contributed by atoms with Gasteiger partial charge in [0.1, 0.15) is 0 Å². The first-order valence-corrected chi connectivity index (χ1v) is 15.3. The van der Waals surface area contributed by atoms with E-state index in [1.54, 1.807) is 0 Å². The highest BCUT2D eigenvalue weighted by atomic mass is 14.3.